The summed E-state index contributed by atoms with van der Waals surface area (Å²) in [5.74, 6) is -0.271. The Hall–Kier alpha value is -3.87. The molecule has 3 aromatic carbocycles. The van der Waals surface area contributed by atoms with Crippen molar-refractivity contribution >= 4 is 34.3 Å². The van der Waals surface area contributed by atoms with Crippen LogP contribution in [-0.4, -0.2) is 36.4 Å². The number of hydrogen-bond donors (Lipinski definition) is 2. The molecule has 7 heteroatoms. The van der Waals surface area contributed by atoms with Gasteiger partial charge >= 0.3 is 6.03 Å². The average Bonchev–Trinajstić information content (AvgIpc) is 2.98. The van der Waals surface area contributed by atoms with Gasteiger partial charge in [-0.3, -0.25) is 14.5 Å². The first-order valence-corrected chi connectivity index (χ1v) is 9.48. The molecule has 7 nitrogen and oxygen atoms in total. The van der Waals surface area contributed by atoms with Gasteiger partial charge in [-0.15, -0.1) is 0 Å². The Balaban J connectivity index is 1.51. The van der Waals surface area contributed by atoms with E-state index in [4.69, 9.17) is 4.74 Å². The molecule has 0 bridgehead atoms. The average molecular weight is 403 g/mol. The number of carbonyl (C=O) groups excluding carboxylic acids is 3. The fraction of sp³-hybridized carbons (Fsp3) is 0.174. The summed E-state index contributed by atoms with van der Waals surface area (Å²) >= 11 is 0. The van der Waals surface area contributed by atoms with Crippen LogP contribution < -0.4 is 15.4 Å². The zero-order valence-electron chi connectivity index (χ0n) is 16.6. The van der Waals surface area contributed by atoms with E-state index in [1.807, 2.05) is 42.5 Å². The van der Waals surface area contributed by atoms with Crippen molar-refractivity contribution in [2.45, 2.75) is 12.5 Å². The lowest BCUT2D eigenvalue weighted by atomic mass is 9.90. The van der Waals surface area contributed by atoms with Crippen LogP contribution in [0.4, 0.5) is 10.5 Å². The van der Waals surface area contributed by atoms with Crippen molar-refractivity contribution in [1.82, 2.24) is 10.2 Å². The number of hydrogen-bond acceptors (Lipinski definition) is 4. The number of urea groups is 1. The summed E-state index contributed by atoms with van der Waals surface area (Å²) in [5, 5.41) is 7.43. The summed E-state index contributed by atoms with van der Waals surface area (Å²) in [6.07, 6.45) is 0. The summed E-state index contributed by atoms with van der Waals surface area (Å²) in [5.41, 5.74) is -0.0237. The maximum Gasteiger partial charge on any atom is 0.325 e. The molecule has 4 rings (SSSR count). The molecule has 0 aromatic heterocycles. The van der Waals surface area contributed by atoms with Crippen molar-refractivity contribution in [3.63, 3.8) is 0 Å². The number of nitrogens with one attached hydrogen (secondary N) is 2. The van der Waals surface area contributed by atoms with Gasteiger partial charge < -0.3 is 15.4 Å². The van der Waals surface area contributed by atoms with Crippen LogP contribution in [0.25, 0.3) is 10.8 Å². The van der Waals surface area contributed by atoms with E-state index >= 15 is 0 Å². The number of amides is 4. The Bertz CT molecular complexity index is 1140. The number of fused-ring (bicyclic) bond motifs is 1. The van der Waals surface area contributed by atoms with Crippen molar-refractivity contribution in [2.24, 2.45) is 0 Å². The Morgan fingerprint density at radius 1 is 1.03 bits per heavy atom. The first-order valence-electron chi connectivity index (χ1n) is 9.48. The van der Waals surface area contributed by atoms with Crippen LogP contribution in [0.15, 0.2) is 66.7 Å². The Labute approximate surface area is 173 Å². The Morgan fingerprint density at radius 3 is 2.43 bits per heavy atom. The lowest BCUT2D eigenvalue weighted by Gasteiger charge is -2.22. The van der Waals surface area contributed by atoms with Gasteiger partial charge in [0.2, 0.25) is 5.91 Å². The van der Waals surface area contributed by atoms with Gasteiger partial charge in [0.25, 0.3) is 5.91 Å². The minimum atomic E-state index is -1.23. The first kappa shape index (κ1) is 19.4. The number of imide groups is 1. The molecule has 0 spiro atoms. The molecule has 0 radical (unpaired) electrons. The second-order valence-corrected chi connectivity index (χ2v) is 7.29. The zero-order valence-corrected chi connectivity index (χ0v) is 16.6. The maximum absolute atomic E-state index is 13.1. The van der Waals surface area contributed by atoms with Crippen molar-refractivity contribution < 1.29 is 19.1 Å². The van der Waals surface area contributed by atoms with E-state index in [0.29, 0.717) is 17.0 Å². The predicted octanol–water partition coefficient (Wildman–Crippen LogP) is 3.25. The van der Waals surface area contributed by atoms with E-state index < -0.39 is 23.4 Å². The third kappa shape index (κ3) is 3.45. The van der Waals surface area contributed by atoms with E-state index in [-0.39, 0.29) is 6.54 Å². The van der Waals surface area contributed by atoms with Gasteiger partial charge in [-0.05, 0) is 53.6 Å². The molecular formula is C23H21N3O4. The Morgan fingerprint density at radius 2 is 1.73 bits per heavy atom. The van der Waals surface area contributed by atoms with Crippen LogP contribution in [0.3, 0.4) is 0 Å². The van der Waals surface area contributed by atoms with Crippen LogP contribution >= 0.6 is 0 Å². The van der Waals surface area contributed by atoms with E-state index in [1.165, 1.54) is 0 Å². The zero-order chi connectivity index (χ0) is 21.3. The van der Waals surface area contributed by atoms with E-state index in [1.54, 1.807) is 38.3 Å². The molecular weight excluding hydrogens is 382 g/mol. The fourth-order valence-electron chi connectivity index (χ4n) is 3.56. The van der Waals surface area contributed by atoms with Crippen LogP contribution in [0.5, 0.6) is 5.75 Å². The van der Waals surface area contributed by atoms with E-state index in [9.17, 15) is 14.4 Å². The molecule has 1 fully saturated rings. The van der Waals surface area contributed by atoms with Crippen LogP contribution in [0.2, 0.25) is 0 Å². The van der Waals surface area contributed by atoms with Gasteiger partial charge in [0.05, 0.1) is 7.11 Å². The number of methoxy groups -OCH3 is 1. The third-order valence-electron chi connectivity index (χ3n) is 5.28. The molecule has 1 atom stereocenters. The summed E-state index contributed by atoms with van der Waals surface area (Å²) < 4.78 is 5.08. The number of ether oxygens (including phenoxy) is 1. The van der Waals surface area contributed by atoms with E-state index in [0.717, 1.165) is 15.7 Å². The minimum Gasteiger partial charge on any atom is -0.497 e. The van der Waals surface area contributed by atoms with Crippen molar-refractivity contribution in [2.75, 3.05) is 19.0 Å². The van der Waals surface area contributed by atoms with Gasteiger partial charge in [0, 0.05) is 5.69 Å². The SMILES string of the molecule is COc1ccc(NC(=O)CN2C(=O)N[C@@](C)(c3ccc4ccccc4c3)C2=O)cc1. The lowest BCUT2D eigenvalue weighted by molar-refractivity contribution is -0.133. The lowest BCUT2D eigenvalue weighted by Crippen LogP contribution is -2.42. The molecule has 1 saturated heterocycles. The smallest absolute Gasteiger partial charge is 0.325 e. The normalized spacial score (nSPS) is 18.4. The molecule has 0 saturated carbocycles. The molecule has 2 N–H and O–H groups in total. The van der Waals surface area contributed by atoms with Crippen molar-refractivity contribution in [1.29, 1.82) is 0 Å². The standard InChI is InChI=1S/C23H21N3O4/c1-23(17-8-7-15-5-3-4-6-16(15)13-17)21(28)26(22(29)25-23)14-20(27)24-18-9-11-19(30-2)12-10-18/h3-13H,14H2,1-2H3,(H,24,27)(H,25,29)/t23-/m0/s1. The summed E-state index contributed by atoms with van der Waals surface area (Å²) in [4.78, 5) is 39.0. The van der Waals surface area contributed by atoms with Crippen LogP contribution in [0.1, 0.15) is 12.5 Å². The molecule has 1 aliphatic rings. The number of anilines is 1. The number of benzene rings is 3. The summed E-state index contributed by atoms with van der Waals surface area (Å²) in [6, 6.07) is 19.6. The number of nitrogens with zero attached hydrogens (tertiary/aromatic N) is 1. The molecule has 0 aliphatic carbocycles. The summed E-state index contributed by atoms with van der Waals surface area (Å²) in [7, 11) is 1.55. The quantitative estimate of drug-likeness (QED) is 0.640. The maximum atomic E-state index is 13.1. The van der Waals surface area contributed by atoms with Crippen LogP contribution in [-0.2, 0) is 15.1 Å². The van der Waals surface area contributed by atoms with Gasteiger partial charge in [-0.2, -0.15) is 0 Å². The highest BCUT2D eigenvalue weighted by Crippen LogP contribution is 2.31. The highest BCUT2D eigenvalue weighted by atomic mass is 16.5. The van der Waals surface area contributed by atoms with Crippen molar-refractivity contribution in [3.05, 3.63) is 72.3 Å². The highest BCUT2D eigenvalue weighted by molar-refractivity contribution is 6.10. The Kier molecular flexibility index (Phi) is 4.87. The topological polar surface area (TPSA) is 87.7 Å². The van der Waals surface area contributed by atoms with Gasteiger partial charge in [-0.25, -0.2) is 4.79 Å². The van der Waals surface area contributed by atoms with Crippen LogP contribution in [0, 0.1) is 0 Å². The van der Waals surface area contributed by atoms with Gasteiger partial charge in [0.1, 0.15) is 17.8 Å². The fourth-order valence-corrected chi connectivity index (χ4v) is 3.56. The minimum absolute atomic E-state index is 0.375. The molecule has 3 aromatic rings. The number of rotatable bonds is 5. The van der Waals surface area contributed by atoms with Gasteiger partial charge in [-0.1, -0.05) is 36.4 Å². The molecule has 1 heterocycles. The molecule has 152 valence electrons. The molecule has 30 heavy (non-hydrogen) atoms. The second kappa shape index (κ2) is 7.51. The first-order chi connectivity index (χ1) is 14.4. The third-order valence-corrected chi connectivity index (χ3v) is 5.28. The van der Waals surface area contributed by atoms with Gasteiger partial charge in [0.15, 0.2) is 0 Å². The molecule has 0 unspecified atom stereocenters. The van der Waals surface area contributed by atoms with Crippen molar-refractivity contribution in [3.8, 4) is 5.75 Å². The molecule has 1 aliphatic heterocycles. The predicted molar refractivity (Wildman–Crippen MR) is 113 cm³/mol. The van der Waals surface area contributed by atoms with E-state index in [2.05, 4.69) is 10.6 Å². The highest BCUT2D eigenvalue weighted by Gasteiger charge is 2.49. The monoisotopic (exact) mass is 403 g/mol. The number of carbonyl (C=O) groups is 3. The largest absolute Gasteiger partial charge is 0.497 e. The summed E-state index contributed by atoms with van der Waals surface area (Å²) in [6.45, 7) is 1.28. The second-order valence-electron chi connectivity index (χ2n) is 7.29. The molecule has 4 amide bonds.